The predicted octanol–water partition coefficient (Wildman–Crippen LogP) is 6.35. The Balaban J connectivity index is 0.980. The molecule has 3 aliphatic heterocycles. The van der Waals surface area contributed by atoms with Crippen molar-refractivity contribution in [3.8, 4) is 11.5 Å². The number of aromatic amines is 1. The lowest BCUT2D eigenvalue weighted by Gasteiger charge is -2.29. The van der Waals surface area contributed by atoms with Crippen LogP contribution in [0.15, 0.2) is 83.0 Å². The van der Waals surface area contributed by atoms with Crippen LogP contribution < -0.4 is 26.5 Å². The number of H-pyrrole nitrogens is 1. The summed E-state index contributed by atoms with van der Waals surface area (Å²) in [5.41, 5.74) is 5.04. The number of hydrogen-bond donors (Lipinski definition) is 3. The first-order valence-corrected chi connectivity index (χ1v) is 25.9. The topological polar surface area (TPSA) is 270 Å². The number of hydrogen-bond acceptors (Lipinski definition) is 18. The van der Waals surface area contributed by atoms with Crippen LogP contribution in [-0.2, 0) is 42.5 Å². The van der Waals surface area contributed by atoms with Gasteiger partial charge in [0.05, 0.1) is 31.7 Å². The predicted molar refractivity (Wildman–Crippen MR) is 236 cm³/mol. The molecule has 10 atom stereocenters. The molecular weight excluding hydrogens is 946 g/mol. The molecule has 0 saturated carbocycles. The van der Waals surface area contributed by atoms with Gasteiger partial charge in [-0.1, -0.05) is 51.2 Å². The molecule has 8 rings (SSSR count). The van der Waals surface area contributed by atoms with Crippen molar-refractivity contribution in [1.82, 2.24) is 29.1 Å². The minimum atomic E-state index is -5.24. The summed E-state index contributed by atoms with van der Waals surface area (Å²) < 4.78 is 108. The average Bonchev–Trinajstić information content (AvgIpc) is 3.97. The van der Waals surface area contributed by atoms with Gasteiger partial charge in [-0.15, -0.1) is 0 Å². The minimum absolute atomic E-state index is 0.0144. The molecular formula is C41H47F2N7O14P2S. The number of carbonyl (C=O) groups is 1. The summed E-state index contributed by atoms with van der Waals surface area (Å²) >= 11 is 0.594. The van der Waals surface area contributed by atoms with E-state index in [0.29, 0.717) is 39.4 Å². The van der Waals surface area contributed by atoms with Crippen LogP contribution >= 0.6 is 26.0 Å². The largest absolute Gasteiger partial charge is 0.494 e. The van der Waals surface area contributed by atoms with Crippen LogP contribution in [0, 0.1) is 0 Å². The van der Waals surface area contributed by atoms with Crippen LogP contribution in [0.25, 0.3) is 11.2 Å². The Bertz CT molecular complexity index is 2730. The van der Waals surface area contributed by atoms with Crippen molar-refractivity contribution in [2.45, 2.75) is 100 Å². The number of imidazole rings is 1. The number of esters is 1. The molecule has 0 radical (unpaired) electrons. The number of aromatic nitrogens is 6. The molecule has 6 heterocycles. The van der Waals surface area contributed by atoms with Crippen LogP contribution in [-0.4, -0.2) is 96.5 Å². The highest BCUT2D eigenvalue weighted by molar-refractivity contribution is 8.54. The average molecular weight is 994 g/mol. The first-order valence-electron chi connectivity index (χ1n) is 21.3. The fraction of sp³-hybridized carbons (Fsp3) is 0.463. The first kappa shape index (κ1) is 48.6. The number of fused-ring (bicyclic) bond motifs is 3. The molecule has 0 amide bonds. The van der Waals surface area contributed by atoms with Gasteiger partial charge in [-0.25, -0.2) is 42.5 Å². The fourth-order valence-corrected chi connectivity index (χ4v) is 11.9. The third-order valence-corrected chi connectivity index (χ3v) is 15.6. The highest BCUT2D eigenvalue weighted by Crippen LogP contribution is 2.65. The second-order valence-electron chi connectivity index (χ2n) is 15.7. The molecule has 3 saturated heterocycles. The number of ether oxygens (including phenoxy) is 4. The van der Waals surface area contributed by atoms with Crippen molar-refractivity contribution < 1.29 is 64.6 Å². The van der Waals surface area contributed by atoms with Crippen molar-refractivity contribution in [1.29, 1.82) is 0 Å². The number of phosphoric acid groups is 1. The highest BCUT2D eigenvalue weighted by Gasteiger charge is 2.55. The first-order chi connectivity index (χ1) is 32.2. The van der Waals surface area contributed by atoms with E-state index in [1.54, 1.807) is 36.4 Å². The lowest BCUT2D eigenvalue weighted by atomic mass is 10.1. The normalized spacial score (nSPS) is 28.8. The molecule has 0 aliphatic carbocycles. The molecule has 0 spiro atoms. The maximum absolute atomic E-state index is 16.5. The number of nitrogen functional groups attached to an aromatic ring is 1. The summed E-state index contributed by atoms with van der Waals surface area (Å²) in [5.74, 6) is 0.0852. The van der Waals surface area contributed by atoms with Gasteiger partial charge in [-0.3, -0.25) is 37.0 Å². The Labute approximate surface area is 384 Å². The number of rotatable bonds is 15. The molecule has 3 fully saturated rings. The zero-order chi connectivity index (χ0) is 47.3. The number of unbranched alkanes of at least 4 members (excludes halogenated alkanes) is 5. The van der Waals surface area contributed by atoms with E-state index in [0.717, 1.165) is 36.0 Å². The quantitative estimate of drug-likeness (QED) is 0.0446. The number of benzene rings is 2. The van der Waals surface area contributed by atoms with Crippen LogP contribution in [0.2, 0.25) is 0 Å². The fourth-order valence-electron chi connectivity index (χ4n) is 7.54. The number of halogens is 2. The van der Waals surface area contributed by atoms with Gasteiger partial charge in [-0.2, -0.15) is 0 Å². The van der Waals surface area contributed by atoms with Gasteiger partial charge >= 0.3 is 26.3 Å². The number of anilines is 1. The molecule has 0 bridgehead atoms. The van der Waals surface area contributed by atoms with Crippen molar-refractivity contribution in [3.63, 3.8) is 0 Å². The zero-order valence-electron chi connectivity index (χ0n) is 35.7. The number of nitrogens with zero attached hydrogens (tertiary/aromatic N) is 5. The number of nitrogens with one attached hydrogen (secondary N) is 1. The maximum Gasteiger partial charge on any atom is 0.472 e. The number of alkyl halides is 2. The van der Waals surface area contributed by atoms with E-state index >= 15 is 8.78 Å². The summed E-state index contributed by atoms with van der Waals surface area (Å²) in [7, 11) is -5.24. The molecule has 5 aromatic rings. The summed E-state index contributed by atoms with van der Waals surface area (Å²) in [6, 6.07) is 13.7. The standard InChI is InChI=1S/C41H47F2N7O14P2S/c1-2-3-4-5-6-7-18-57-26-14-10-25(11-15-26)40(52)60-27-12-8-24(9-13-27)21-67-66(56)59-20-29-34(31(42)39(62-29)50-23-47-33-36(44)45-22-46-37(33)50)63-65(54,55)58-19-28-35(64-66)32(43)38(61-28)49-17-16-30(51)48-41(49)53/h8-17,22-23,28-29,31-32,34-35,38-39H,2-7,18-21H2,1H3,(H,54,55)(H2,44,45,46)(H,48,51,53)/t28-,29-,31-,32-,34-,35-,38-,39-,66?/m1/s1. The van der Waals surface area contributed by atoms with Crippen molar-refractivity contribution in [2.24, 2.45) is 0 Å². The van der Waals surface area contributed by atoms with Crippen LogP contribution in [0.3, 0.4) is 0 Å². The molecule has 3 aromatic heterocycles. The lowest BCUT2D eigenvalue weighted by molar-refractivity contribution is -0.0619. The number of nitrogens with two attached hydrogens (primary N) is 1. The number of carbonyl (C=O) groups excluding carboxylic acids is 1. The maximum atomic E-state index is 16.5. The van der Waals surface area contributed by atoms with E-state index in [-0.39, 0.29) is 28.5 Å². The summed E-state index contributed by atoms with van der Waals surface area (Å²) in [6.45, 7) is -3.66. The van der Waals surface area contributed by atoms with Gasteiger partial charge < -0.3 is 29.6 Å². The highest BCUT2D eigenvalue weighted by atomic mass is 32.7. The van der Waals surface area contributed by atoms with Crippen molar-refractivity contribution >= 4 is 49.0 Å². The van der Waals surface area contributed by atoms with E-state index in [4.69, 9.17) is 42.8 Å². The van der Waals surface area contributed by atoms with Crippen LogP contribution in [0.4, 0.5) is 14.6 Å². The summed E-state index contributed by atoms with van der Waals surface area (Å²) in [6.07, 6.45) is -4.94. The van der Waals surface area contributed by atoms with E-state index in [2.05, 4.69) is 21.9 Å². The lowest BCUT2D eigenvalue weighted by Crippen LogP contribution is -2.38. The van der Waals surface area contributed by atoms with E-state index < -0.39 is 94.3 Å². The molecule has 26 heteroatoms. The second kappa shape index (κ2) is 21.2. The minimum Gasteiger partial charge on any atom is -0.494 e. The third-order valence-electron chi connectivity index (χ3n) is 11.0. The van der Waals surface area contributed by atoms with Crippen LogP contribution in [0.5, 0.6) is 11.5 Å². The Kier molecular flexibility index (Phi) is 15.4. The Hall–Kier alpha value is -4.87. The molecule has 360 valence electrons. The molecule has 2 unspecified atom stereocenters. The SMILES string of the molecule is CCCCCCCCOc1ccc(C(=O)Oc2ccc(CSP3(=O)OC[C@H]4O[C@@H](n5cnc6c(N)ncnc65)[C@H](F)[C@@H]4OP(=O)(O)OC[C@H]4O[C@@H](n5ccc(=O)[nH]c5=O)[C@H](F)[C@@H]4O3)cc2)cc1. The molecule has 21 nitrogen and oxygen atoms in total. The molecule has 4 N–H and O–H groups in total. The van der Waals surface area contributed by atoms with E-state index in [1.165, 1.54) is 44.1 Å². The van der Waals surface area contributed by atoms with Gasteiger partial charge in [0, 0.05) is 18.0 Å². The Morgan fingerprint density at radius 3 is 2.24 bits per heavy atom. The van der Waals surface area contributed by atoms with Gasteiger partial charge in [0.25, 0.3) is 5.56 Å². The monoisotopic (exact) mass is 993 g/mol. The molecule has 2 aromatic carbocycles. The molecule has 67 heavy (non-hydrogen) atoms. The van der Waals surface area contributed by atoms with Gasteiger partial charge in [0.15, 0.2) is 36.3 Å². The van der Waals surface area contributed by atoms with Gasteiger partial charge in [-0.05, 0) is 59.8 Å². The second-order valence-corrected chi connectivity index (χ2v) is 21.1. The van der Waals surface area contributed by atoms with Crippen molar-refractivity contribution in [3.05, 3.63) is 105 Å². The summed E-state index contributed by atoms with van der Waals surface area (Å²) in [4.78, 5) is 62.3. The zero-order valence-corrected chi connectivity index (χ0v) is 38.3. The van der Waals surface area contributed by atoms with E-state index in [1.807, 2.05) is 4.98 Å². The van der Waals surface area contributed by atoms with E-state index in [9.17, 15) is 28.4 Å². The van der Waals surface area contributed by atoms with Crippen LogP contribution in [0.1, 0.15) is 73.8 Å². The molecule has 3 aliphatic rings. The smallest absolute Gasteiger partial charge is 0.472 e. The third kappa shape index (κ3) is 11.5. The van der Waals surface area contributed by atoms with Crippen molar-refractivity contribution in [2.75, 3.05) is 25.6 Å². The summed E-state index contributed by atoms with van der Waals surface area (Å²) in [5, 5.41) is 0. The number of phosphoric ester groups is 1. The van der Waals surface area contributed by atoms with Gasteiger partial charge in [0.2, 0.25) is 0 Å². The Morgan fingerprint density at radius 1 is 0.866 bits per heavy atom. The van der Waals surface area contributed by atoms with Gasteiger partial charge in [0.1, 0.15) is 47.8 Å². The Morgan fingerprint density at radius 2 is 1.52 bits per heavy atom.